The second kappa shape index (κ2) is 4.19. The van der Waals surface area contributed by atoms with E-state index in [4.69, 9.17) is 0 Å². The Morgan fingerprint density at radius 3 is 2.58 bits per heavy atom. The molecule has 0 fully saturated rings. The van der Waals surface area contributed by atoms with Crippen LogP contribution >= 0.6 is 0 Å². The number of aryl methyl sites for hydroxylation is 3. The van der Waals surface area contributed by atoms with E-state index in [1.165, 1.54) is 5.69 Å². The summed E-state index contributed by atoms with van der Waals surface area (Å²) in [6.45, 7) is 6.29. The third-order valence-corrected chi connectivity index (χ3v) is 1.87. The molecule has 12 heavy (non-hydrogen) atoms. The molecule has 1 aromatic rings. The smallest absolute Gasteiger partial charge is 0.0621 e. The third kappa shape index (κ3) is 2.03. The molecule has 0 bridgehead atoms. The highest BCUT2D eigenvalue weighted by Gasteiger charge is 2.02. The molecule has 0 radical (unpaired) electrons. The normalized spacial score (nSPS) is 10.2. The Hall–Kier alpha value is -0.920. The molecule has 0 spiro atoms. The van der Waals surface area contributed by atoms with E-state index < -0.39 is 0 Å². The van der Waals surface area contributed by atoms with Crippen molar-refractivity contribution in [3.05, 3.63) is 23.3 Å². The van der Waals surface area contributed by atoms with Gasteiger partial charge >= 0.3 is 0 Å². The third-order valence-electron chi connectivity index (χ3n) is 1.87. The molecule has 66 valence electrons. The quantitative estimate of drug-likeness (QED) is 0.685. The fraction of sp³-hybridized carbons (Fsp3) is 0.600. The highest BCUT2D eigenvalue weighted by atomic mass is 14.8. The molecule has 0 aliphatic carbocycles. The minimum Gasteiger partial charge on any atom is -0.258 e. The van der Waals surface area contributed by atoms with Crippen LogP contribution in [-0.2, 0) is 12.8 Å². The minimum atomic E-state index is 0.989. The molecule has 0 saturated carbocycles. The standard InChI is InChI=1S/C10H16N2/c1-4-6-10-9(5-2)11-7-8(3)12-10/h7H,4-6H2,1-3H3. The molecule has 0 unspecified atom stereocenters. The van der Waals surface area contributed by atoms with Crippen LogP contribution in [0, 0.1) is 6.92 Å². The van der Waals surface area contributed by atoms with Gasteiger partial charge in [-0.15, -0.1) is 0 Å². The fourth-order valence-corrected chi connectivity index (χ4v) is 1.28. The lowest BCUT2D eigenvalue weighted by Gasteiger charge is -2.04. The fourth-order valence-electron chi connectivity index (χ4n) is 1.28. The van der Waals surface area contributed by atoms with Gasteiger partial charge in [-0.1, -0.05) is 20.3 Å². The lowest BCUT2D eigenvalue weighted by molar-refractivity contribution is 0.820. The van der Waals surface area contributed by atoms with Crippen molar-refractivity contribution in [2.24, 2.45) is 0 Å². The van der Waals surface area contributed by atoms with Crippen molar-refractivity contribution in [2.45, 2.75) is 40.0 Å². The summed E-state index contributed by atoms with van der Waals surface area (Å²) in [5, 5.41) is 0. The van der Waals surface area contributed by atoms with Crippen LogP contribution in [-0.4, -0.2) is 9.97 Å². The predicted molar refractivity (Wildman–Crippen MR) is 50.1 cm³/mol. The van der Waals surface area contributed by atoms with Crippen molar-refractivity contribution in [3.63, 3.8) is 0 Å². The van der Waals surface area contributed by atoms with Crippen molar-refractivity contribution >= 4 is 0 Å². The molecule has 0 aliphatic heterocycles. The van der Waals surface area contributed by atoms with Gasteiger partial charge in [-0.25, -0.2) is 0 Å². The Balaban J connectivity index is 2.95. The van der Waals surface area contributed by atoms with Gasteiger partial charge in [-0.05, 0) is 19.8 Å². The Bertz CT molecular complexity index is 256. The van der Waals surface area contributed by atoms with Gasteiger partial charge in [-0.3, -0.25) is 9.97 Å². The van der Waals surface area contributed by atoms with Crippen molar-refractivity contribution in [1.29, 1.82) is 0 Å². The van der Waals surface area contributed by atoms with E-state index in [-0.39, 0.29) is 0 Å². The topological polar surface area (TPSA) is 25.8 Å². The first-order valence-electron chi connectivity index (χ1n) is 4.59. The summed E-state index contributed by atoms with van der Waals surface area (Å²) in [7, 11) is 0. The number of hydrogen-bond donors (Lipinski definition) is 0. The highest BCUT2D eigenvalue weighted by Crippen LogP contribution is 2.06. The molecule has 0 aromatic carbocycles. The van der Waals surface area contributed by atoms with Crippen molar-refractivity contribution in [3.8, 4) is 0 Å². The number of rotatable bonds is 3. The van der Waals surface area contributed by atoms with Crippen LogP contribution < -0.4 is 0 Å². The van der Waals surface area contributed by atoms with Crippen LogP contribution in [0.5, 0.6) is 0 Å². The lowest BCUT2D eigenvalue weighted by atomic mass is 10.1. The van der Waals surface area contributed by atoms with Gasteiger partial charge in [0.2, 0.25) is 0 Å². The highest BCUT2D eigenvalue weighted by molar-refractivity contribution is 5.13. The van der Waals surface area contributed by atoms with Gasteiger partial charge in [0, 0.05) is 6.20 Å². The van der Waals surface area contributed by atoms with Crippen LogP contribution in [0.1, 0.15) is 37.4 Å². The monoisotopic (exact) mass is 164 g/mol. The Labute approximate surface area is 74.1 Å². The van der Waals surface area contributed by atoms with E-state index in [2.05, 4.69) is 23.8 Å². The van der Waals surface area contributed by atoms with Gasteiger partial charge in [-0.2, -0.15) is 0 Å². The first-order valence-corrected chi connectivity index (χ1v) is 4.59. The van der Waals surface area contributed by atoms with Crippen LogP contribution in [0.3, 0.4) is 0 Å². The molecule has 0 atom stereocenters. The van der Waals surface area contributed by atoms with E-state index >= 15 is 0 Å². The average molecular weight is 164 g/mol. The van der Waals surface area contributed by atoms with Gasteiger partial charge in [0.05, 0.1) is 17.1 Å². The Kier molecular flexibility index (Phi) is 3.20. The molecule has 2 nitrogen and oxygen atoms in total. The van der Waals surface area contributed by atoms with Crippen molar-refractivity contribution < 1.29 is 0 Å². The summed E-state index contributed by atoms with van der Waals surface area (Å²) in [6, 6.07) is 0. The maximum absolute atomic E-state index is 4.47. The summed E-state index contributed by atoms with van der Waals surface area (Å²) in [5.74, 6) is 0. The lowest BCUT2D eigenvalue weighted by Crippen LogP contribution is -2.01. The molecule has 0 aliphatic rings. The Morgan fingerprint density at radius 1 is 1.25 bits per heavy atom. The first-order chi connectivity index (χ1) is 5.77. The van der Waals surface area contributed by atoms with Crippen LogP contribution in [0.4, 0.5) is 0 Å². The summed E-state index contributed by atoms with van der Waals surface area (Å²) in [6.07, 6.45) is 5.03. The molecular weight excluding hydrogens is 148 g/mol. The maximum atomic E-state index is 4.47. The predicted octanol–water partition coefficient (Wildman–Crippen LogP) is 2.30. The van der Waals surface area contributed by atoms with E-state index in [0.717, 1.165) is 30.7 Å². The van der Waals surface area contributed by atoms with E-state index in [0.29, 0.717) is 0 Å². The second-order valence-electron chi connectivity index (χ2n) is 3.01. The van der Waals surface area contributed by atoms with Gasteiger partial charge < -0.3 is 0 Å². The summed E-state index contributed by atoms with van der Waals surface area (Å²) < 4.78 is 0. The molecule has 1 rings (SSSR count). The number of hydrogen-bond acceptors (Lipinski definition) is 2. The van der Waals surface area contributed by atoms with Crippen LogP contribution in [0.15, 0.2) is 6.20 Å². The molecule has 0 saturated heterocycles. The zero-order chi connectivity index (χ0) is 8.97. The van der Waals surface area contributed by atoms with Crippen molar-refractivity contribution in [2.75, 3.05) is 0 Å². The van der Waals surface area contributed by atoms with E-state index in [1.54, 1.807) is 0 Å². The van der Waals surface area contributed by atoms with E-state index in [9.17, 15) is 0 Å². The van der Waals surface area contributed by atoms with Crippen LogP contribution in [0.2, 0.25) is 0 Å². The largest absolute Gasteiger partial charge is 0.258 e. The minimum absolute atomic E-state index is 0.989. The average Bonchev–Trinajstić information content (AvgIpc) is 2.05. The van der Waals surface area contributed by atoms with Crippen LogP contribution in [0.25, 0.3) is 0 Å². The molecular formula is C10H16N2. The van der Waals surface area contributed by atoms with Gasteiger partial charge in [0.15, 0.2) is 0 Å². The summed E-state index contributed by atoms with van der Waals surface area (Å²) >= 11 is 0. The van der Waals surface area contributed by atoms with E-state index in [1.807, 2.05) is 13.1 Å². The zero-order valence-electron chi connectivity index (χ0n) is 8.09. The summed E-state index contributed by atoms with van der Waals surface area (Å²) in [5.41, 5.74) is 3.36. The van der Waals surface area contributed by atoms with Gasteiger partial charge in [0.1, 0.15) is 0 Å². The van der Waals surface area contributed by atoms with Gasteiger partial charge in [0.25, 0.3) is 0 Å². The molecule has 1 aromatic heterocycles. The molecule has 1 heterocycles. The van der Waals surface area contributed by atoms with Crippen molar-refractivity contribution in [1.82, 2.24) is 9.97 Å². The SMILES string of the molecule is CCCc1nc(C)cnc1CC. The first kappa shape index (κ1) is 9.17. The molecule has 0 amide bonds. The second-order valence-corrected chi connectivity index (χ2v) is 3.01. The molecule has 2 heteroatoms. The maximum Gasteiger partial charge on any atom is 0.0621 e. The number of nitrogens with zero attached hydrogens (tertiary/aromatic N) is 2. The Morgan fingerprint density at radius 2 is 2.00 bits per heavy atom. The molecule has 0 N–H and O–H groups in total. The zero-order valence-corrected chi connectivity index (χ0v) is 8.09. The number of aromatic nitrogens is 2. The summed E-state index contributed by atoms with van der Waals surface area (Å²) in [4.78, 5) is 8.82.